The number of hydrogen-bond acceptors (Lipinski definition) is 3. The van der Waals surface area contributed by atoms with Crippen LogP contribution in [0.2, 0.25) is 5.02 Å². The van der Waals surface area contributed by atoms with Crippen molar-refractivity contribution in [1.82, 2.24) is 10.2 Å². The number of methoxy groups -OCH3 is 1. The number of aromatic amines is 1. The molecular formula is C14H15ClN2O2. The van der Waals surface area contributed by atoms with Crippen molar-refractivity contribution >= 4 is 17.6 Å². The molecule has 0 radical (unpaired) electrons. The number of rotatable bonds is 3. The van der Waals surface area contributed by atoms with Gasteiger partial charge < -0.3 is 4.74 Å². The Kier molecular flexibility index (Phi) is 3.90. The van der Waals surface area contributed by atoms with E-state index in [2.05, 4.69) is 14.9 Å². The zero-order valence-electron chi connectivity index (χ0n) is 11.1. The minimum absolute atomic E-state index is 0.177. The van der Waals surface area contributed by atoms with Crippen LogP contribution < -0.4 is 0 Å². The number of carbonyl (C=O) groups excluding carboxylic acids is 1. The highest BCUT2D eigenvalue weighted by Crippen LogP contribution is 2.29. The first-order valence-corrected chi connectivity index (χ1v) is 6.27. The number of H-pyrrole nitrogens is 1. The van der Waals surface area contributed by atoms with Crippen LogP contribution in [0.3, 0.4) is 0 Å². The molecule has 0 saturated heterocycles. The Bertz CT molecular complexity index is 620. The number of aromatic nitrogens is 2. The van der Waals surface area contributed by atoms with Crippen LogP contribution in [0.15, 0.2) is 18.2 Å². The number of carbonyl (C=O) groups is 1. The van der Waals surface area contributed by atoms with E-state index in [9.17, 15) is 4.79 Å². The quantitative estimate of drug-likeness (QED) is 0.878. The van der Waals surface area contributed by atoms with Gasteiger partial charge in [-0.05, 0) is 37.1 Å². The van der Waals surface area contributed by atoms with E-state index in [-0.39, 0.29) is 12.4 Å². The molecule has 4 nitrogen and oxygen atoms in total. The number of aryl methyl sites for hydroxylation is 2. The van der Waals surface area contributed by atoms with Crippen molar-refractivity contribution < 1.29 is 9.53 Å². The van der Waals surface area contributed by atoms with Gasteiger partial charge in [-0.3, -0.25) is 9.89 Å². The summed E-state index contributed by atoms with van der Waals surface area (Å²) in [4.78, 5) is 11.3. The third-order valence-corrected chi connectivity index (χ3v) is 3.29. The summed E-state index contributed by atoms with van der Waals surface area (Å²) in [6, 6.07) is 5.70. The maximum absolute atomic E-state index is 11.3. The topological polar surface area (TPSA) is 55.0 Å². The number of halogens is 1. The third-order valence-electron chi connectivity index (χ3n) is 2.94. The number of hydrogen-bond donors (Lipinski definition) is 1. The van der Waals surface area contributed by atoms with Gasteiger partial charge in [0.1, 0.15) is 0 Å². The molecule has 5 heteroatoms. The summed E-state index contributed by atoms with van der Waals surface area (Å²) in [5.74, 6) is -0.301. The Morgan fingerprint density at radius 2 is 2.11 bits per heavy atom. The zero-order valence-corrected chi connectivity index (χ0v) is 11.8. The monoisotopic (exact) mass is 278 g/mol. The minimum Gasteiger partial charge on any atom is -0.469 e. The van der Waals surface area contributed by atoms with Gasteiger partial charge in [-0.2, -0.15) is 5.10 Å². The van der Waals surface area contributed by atoms with E-state index in [0.29, 0.717) is 5.02 Å². The van der Waals surface area contributed by atoms with Crippen molar-refractivity contribution in [3.8, 4) is 11.3 Å². The van der Waals surface area contributed by atoms with Crippen molar-refractivity contribution in [3.05, 3.63) is 40.0 Å². The molecule has 100 valence electrons. The van der Waals surface area contributed by atoms with Crippen LogP contribution in [0.25, 0.3) is 11.3 Å². The van der Waals surface area contributed by atoms with Gasteiger partial charge in [0.05, 0.1) is 19.2 Å². The van der Waals surface area contributed by atoms with Crippen molar-refractivity contribution in [2.75, 3.05) is 7.11 Å². The second kappa shape index (κ2) is 5.45. The molecule has 1 aromatic carbocycles. The van der Waals surface area contributed by atoms with E-state index < -0.39 is 0 Å². The standard InChI is InChI=1S/C14H15ClN2O2/c1-8-4-10(6-14(18)19-3)12(15)7-11(8)13-5-9(2)16-17-13/h4-5,7H,6H2,1-3H3,(H,16,17). The molecule has 0 aliphatic carbocycles. The molecule has 0 unspecified atom stereocenters. The first kappa shape index (κ1) is 13.6. The molecule has 0 fully saturated rings. The van der Waals surface area contributed by atoms with E-state index in [1.165, 1.54) is 7.11 Å². The average molecular weight is 279 g/mol. The SMILES string of the molecule is COC(=O)Cc1cc(C)c(-c2cc(C)[nH]n2)cc1Cl. The molecule has 1 N–H and O–H groups in total. The fraction of sp³-hybridized carbons (Fsp3) is 0.286. The largest absolute Gasteiger partial charge is 0.469 e. The van der Waals surface area contributed by atoms with E-state index in [0.717, 1.165) is 28.1 Å². The lowest BCUT2D eigenvalue weighted by Crippen LogP contribution is -2.05. The van der Waals surface area contributed by atoms with E-state index in [1.807, 2.05) is 32.0 Å². The maximum atomic E-state index is 11.3. The summed E-state index contributed by atoms with van der Waals surface area (Å²) in [5, 5.41) is 7.67. The first-order valence-electron chi connectivity index (χ1n) is 5.89. The third kappa shape index (κ3) is 2.96. The number of benzene rings is 1. The molecule has 0 amide bonds. The van der Waals surface area contributed by atoms with Gasteiger partial charge in [-0.1, -0.05) is 17.7 Å². The highest BCUT2D eigenvalue weighted by Gasteiger charge is 2.12. The van der Waals surface area contributed by atoms with E-state index in [4.69, 9.17) is 11.6 Å². The Labute approximate surface area is 116 Å². The fourth-order valence-electron chi connectivity index (χ4n) is 1.94. The molecular weight excluding hydrogens is 264 g/mol. The molecule has 0 aliphatic heterocycles. The van der Waals surface area contributed by atoms with Crippen LogP contribution in [-0.2, 0) is 16.0 Å². The summed E-state index contributed by atoms with van der Waals surface area (Å²) in [6.07, 6.45) is 0.177. The second-order valence-electron chi connectivity index (χ2n) is 4.45. The summed E-state index contributed by atoms with van der Waals surface area (Å²) in [7, 11) is 1.37. The van der Waals surface area contributed by atoms with Gasteiger partial charge in [0.2, 0.25) is 0 Å². The Morgan fingerprint density at radius 3 is 2.68 bits per heavy atom. The number of nitrogens with one attached hydrogen (secondary N) is 1. The van der Waals surface area contributed by atoms with Gasteiger partial charge in [-0.25, -0.2) is 0 Å². The van der Waals surface area contributed by atoms with Gasteiger partial charge >= 0.3 is 5.97 Å². The first-order chi connectivity index (χ1) is 9.01. The van der Waals surface area contributed by atoms with Crippen LogP contribution >= 0.6 is 11.6 Å². The second-order valence-corrected chi connectivity index (χ2v) is 4.85. The summed E-state index contributed by atoms with van der Waals surface area (Å²) >= 11 is 6.21. The van der Waals surface area contributed by atoms with Crippen LogP contribution in [-0.4, -0.2) is 23.3 Å². The molecule has 0 spiro atoms. The van der Waals surface area contributed by atoms with Crippen LogP contribution in [0.1, 0.15) is 16.8 Å². The van der Waals surface area contributed by atoms with Crippen molar-refractivity contribution in [1.29, 1.82) is 0 Å². The van der Waals surface area contributed by atoms with Crippen molar-refractivity contribution in [2.45, 2.75) is 20.3 Å². The molecule has 0 saturated carbocycles. The van der Waals surface area contributed by atoms with Gasteiger partial charge in [0.15, 0.2) is 0 Å². The molecule has 1 aromatic heterocycles. The zero-order chi connectivity index (χ0) is 14.0. The van der Waals surface area contributed by atoms with Gasteiger partial charge in [0, 0.05) is 16.3 Å². The van der Waals surface area contributed by atoms with Gasteiger partial charge in [-0.15, -0.1) is 0 Å². The predicted molar refractivity (Wildman–Crippen MR) is 74.2 cm³/mol. The highest BCUT2D eigenvalue weighted by molar-refractivity contribution is 6.31. The summed E-state index contributed by atoms with van der Waals surface area (Å²) < 4.78 is 4.65. The average Bonchev–Trinajstić information content (AvgIpc) is 2.79. The lowest BCUT2D eigenvalue weighted by Gasteiger charge is -2.08. The fourth-order valence-corrected chi connectivity index (χ4v) is 2.17. The van der Waals surface area contributed by atoms with Crippen LogP contribution in [0.4, 0.5) is 0 Å². The Balaban J connectivity index is 2.39. The molecule has 19 heavy (non-hydrogen) atoms. The van der Waals surface area contributed by atoms with Crippen molar-refractivity contribution in [2.24, 2.45) is 0 Å². The molecule has 0 bridgehead atoms. The number of ether oxygens (including phenoxy) is 1. The van der Waals surface area contributed by atoms with E-state index in [1.54, 1.807) is 0 Å². The smallest absolute Gasteiger partial charge is 0.310 e. The highest BCUT2D eigenvalue weighted by atomic mass is 35.5. The van der Waals surface area contributed by atoms with Crippen LogP contribution in [0, 0.1) is 13.8 Å². The summed E-state index contributed by atoms with van der Waals surface area (Å²) in [5.41, 5.74) is 4.59. The molecule has 2 rings (SSSR count). The number of esters is 1. The molecule has 2 aromatic rings. The van der Waals surface area contributed by atoms with Crippen LogP contribution in [0.5, 0.6) is 0 Å². The van der Waals surface area contributed by atoms with Gasteiger partial charge in [0.25, 0.3) is 0 Å². The lowest BCUT2D eigenvalue weighted by atomic mass is 10.0. The Morgan fingerprint density at radius 1 is 1.37 bits per heavy atom. The number of nitrogens with zero attached hydrogens (tertiary/aromatic N) is 1. The molecule has 1 heterocycles. The predicted octanol–water partition coefficient (Wildman–Crippen LogP) is 3.06. The molecule has 0 atom stereocenters. The van der Waals surface area contributed by atoms with E-state index >= 15 is 0 Å². The normalized spacial score (nSPS) is 10.5. The Hall–Kier alpha value is -1.81. The summed E-state index contributed by atoms with van der Waals surface area (Å²) in [6.45, 7) is 3.91. The maximum Gasteiger partial charge on any atom is 0.310 e. The molecule has 0 aliphatic rings. The lowest BCUT2D eigenvalue weighted by molar-refractivity contribution is -0.139. The minimum atomic E-state index is -0.301. The van der Waals surface area contributed by atoms with Crippen molar-refractivity contribution in [3.63, 3.8) is 0 Å².